The molecule has 24 heavy (non-hydrogen) atoms. The minimum Gasteiger partial charge on any atom is -0.475 e. The molecule has 1 aromatic rings. The third-order valence-corrected chi connectivity index (χ3v) is 3.29. The summed E-state index contributed by atoms with van der Waals surface area (Å²) in [6, 6.07) is 9.30. The first kappa shape index (κ1) is 19.5. The molecular weight excluding hydrogens is 325 g/mol. The van der Waals surface area contributed by atoms with Crippen LogP contribution in [0.4, 0.5) is 13.2 Å². The number of carboxylic acids is 1. The van der Waals surface area contributed by atoms with Gasteiger partial charge in [0.05, 0.1) is 5.92 Å². The van der Waals surface area contributed by atoms with E-state index in [-0.39, 0.29) is 17.9 Å². The summed E-state index contributed by atoms with van der Waals surface area (Å²) in [5.74, 6) is 0.0129. The van der Waals surface area contributed by atoms with E-state index in [9.17, 15) is 18.0 Å². The first-order chi connectivity index (χ1) is 11.3. The van der Waals surface area contributed by atoms with Gasteiger partial charge < -0.3 is 15.7 Å². The van der Waals surface area contributed by atoms with Gasteiger partial charge in [-0.15, -0.1) is 6.42 Å². The molecule has 0 saturated carbocycles. The van der Waals surface area contributed by atoms with E-state index in [2.05, 4.69) is 16.6 Å². The summed E-state index contributed by atoms with van der Waals surface area (Å²) < 4.78 is 31.7. The monoisotopic (exact) mass is 342 g/mol. The molecule has 3 N–H and O–H groups in total. The standard InChI is InChI=1S/C14H16N2O.C2HF3O2/c1-2-11-10-15-9-8-13(11)16-14(17)12-6-4-3-5-7-12;3-2(4,5)1(6)7/h1,3-7,11,13,15H,8-10H2,(H,16,17);(H,6,7). The fraction of sp³-hybridized carbons (Fsp3) is 0.375. The van der Waals surface area contributed by atoms with E-state index in [1.807, 2.05) is 18.2 Å². The summed E-state index contributed by atoms with van der Waals surface area (Å²) in [5.41, 5.74) is 0.682. The Kier molecular flexibility index (Phi) is 7.27. The summed E-state index contributed by atoms with van der Waals surface area (Å²) in [6.45, 7) is 1.67. The van der Waals surface area contributed by atoms with E-state index in [1.165, 1.54) is 0 Å². The molecule has 8 heteroatoms. The van der Waals surface area contributed by atoms with E-state index >= 15 is 0 Å². The molecule has 2 rings (SSSR count). The third-order valence-electron chi connectivity index (χ3n) is 3.29. The zero-order valence-corrected chi connectivity index (χ0v) is 12.6. The van der Waals surface area contributed by atoms with Crippen LogP contribution in [-0.4, -0.2) is 42.3 Å². The molecule has 0 aliphatic carbocycles. The minimum absolute atomic E-state index is 0.0437. The van der Waals surface area contributed by atoms with Crippen molar-refractivity contribution < 1.29 is 27.9 Å². The smallest absolute Gasteiger partial charge is 0.475 e. The molecule has 1 fully saturated rings. The average Bonchev–Trinajstić information content (AvgIpc) is 2.56. The predicted molar refractivity (Wildman–Crippen MR) is 81.2 cm³/mol. The first-order valence-corrected chi connectivity index (χ1v) is 7.08. The van der Waals surface area contributed by atoms with Gasteiger partial charge >= 0.3 is 12.1 Å². The predicted octanol–water partition coefficient (Wildman–Crippen LogP) is 1.66. The molecular formula is C16H17F3N2O3. The number of rotatable bonds is 2. The number of hydrogen-bond donors (Lipinski definition) is 3. The van der Waals surface area contributed by atoms with E-state index < -0.39 is 12.1 Å². The molecule has 1 heterocycles. The Labute approximate surface area is 137 Å². The zero-order valence-electron chi connectivity index (χ0n) is 12.6. The van der Waals surface area contributed by atoms with Crippen LogP contribution < -0.4 is 10.6 Å². The van der Waals surface area contributed by atoms with Crippen molar-refractivity contribution in [2.24, 2.45) is 5.92 Å². The Hall–Kier alpha value is -2.53. The largest absolute Gasteiger partial charge is 0.490 e. The van der Waals surface area contributed by atoms with Crippen molar-refractivity contribution in [3.05, 3.63) is 35.9 Å². The lowest BCUT2D eigenvalue weighted by atomic mass is 9.94. The molecule has 0 spiro atoms. The van der Waals surface area contributed by atoms with E-state index in [0.717, 1.165) is 19.5 Å². The van der Waals surface area contributed by atoms with Gasteiger partial charge in [0.1, 0.15) is 0 Å². The van der Waals surface area contributed by atoms with Gasteiger partial charge in [-0.1, -0.05) is 24.1 Å². The lowest BCUT2D eigenvalue weighted by molar-refractivity contribution is -0.192. The SMILES string of the molecule is C#CC1CNCCC1NC(=O)c1ccccc1.O=C(O)C(F)(F)F. The number of piperidine rings is 1. The molecule has 0 radical (unpaired) electrons. The molecule has 1 amide bonds. The van der Waals surface area contributed by atoms with Crippen molar-refractivity contribution in [3.63, 3.8) is 0 Å². The number of aliphatic carboxylic acids is 1. The molecule has 1 saturated heterocycles. The van der Waals surface area contributed by atoms with Crippen LogP contribution in [-0.2, 0) is 4.79 Å². The Morgan fingerprint density at radius 1 is 1.29 bits per heavy atom. The summed E-state index contributed by atoms with van der Waals surface area (Å²) >= 11 is 0. The van der Waals surface area contributed by atoms with Crippen LogP contribution in [0.3, 0.4) is 0 Å². The van der Waals surface area contributed by atoms with E-state index in [1.54, 1.807) is 12.1 Å². The van der Waals surface area contributed by atoms with Gasteiger partial charge in [0.2, 0.25) is 0 Å². The third kappa shape index (κ3) is 6.30. The molecule has 0 aromatic heterocycles. The molecule has 1 aliphatic rings. The molecule has 2 atom stereocenters. The Morgan fingerprint density at radius 3 is 2.38 bits per heavy atom. The molecule has 0 bridgehead atoms. The number of terminal acetylenes is 1. The number of carboxylic acid groups (broad SMARTS) is 1. The van der Waals surface area contributed by atoms with Gasteiger partial charge in [-0.05, 0) is 25.1 Å². The number of carbonyl (C=O) groups excluding carboxylic acids is 1. The Morgan fingerprint density at radius 2 is 1.88 bits per heavy atom. The molecule has 1 aromatic carbocycles. The van der Waals surface area contributed by atoms with Crippen LogP contribution in [0.2, 0.25) is 0 Å². The molecule has 130 valence electrons. The fourth-order valence-corrected chi connectivity index (χ4v) is 2.05. The van der Waals surface area contributed by atoms with Crippen LogP contribution in [0.25, 0.3) is 0 Å². The minimum atomic E-state index is -5.08. The van der Waals surface area contributed by atoms with Crippen molar-refractivity contribution in [1.82, 2.24) is 10.6 Å². The molecule has 2 unspecified atom stereocenters. The quantitative estimate of drug-likeness (QED) is 0.715. The highest BCUT2D eigenvalue weighted by molar-refractivity contribution is 5.94. The number of hydrogen-bond acceptors (Lipinski definition) is 3. The van der Waals surface area contributed by atoms with Crippen molar-refractivity contribution >= 4 is 11.9 Å². The van der Waals surface area contributed by atoms with Crippen molar-refractivity contribution in [3.8, 4) is 12.3 Å². The maximum Gasteiger partial charge on any atom is 0.490 e. The number of benzene rings is 1. The second kappa shape index (κ2) is 8.93. The van der Waals surface area contributed by atoms with Crippen LogP contribution in [0.1, 0.15) is 16.8 Å². The summed E-state index contributed by atoms with van der Waals surface area (Å²) in [6.07, 6.45) is 1.27. The second-order valence-electron chi connectivity index (χ2n) is 5.01. The normalized spacial score (nSPS) is 20.1. The second-order valence-corrected chi connectivity index (χ2v) is 5.01. The van der Waals surface area contributed by atoms with Crippen LogP contribution >= 0.6 is 0 Å². The lowest BCUT2D eigenvalue weighted by Gasteiger charge is -2.29. The first-order valence-electron chi connectivity index (χ1n) is 7.08. The number of amides is 1. The van der Waals surface area contributed by atoms with Gasteiger partial charge in [-0.2, -0.15) is 13.2 Å². The zero-order chi connectivity index (χ0) is 18.2. The van der Waals surface area contributed by atoms with Crippen molar-refractivity contribution in [2.75, 3.05) is 13.1 Å². The van der Waals surface area contributed by atoms with Gasteiger partial charge in [-0.25, -0.2) is 4.79 Å². The molecule has 1 aliphatic heterocycles. The average molecular weight is 342 g/mol. The van der Waals surface area contributed by atoms with Gasteiger partial charge in [-0.3, -0.25) is 4.79 Å². The van der Waals surface area contributed by atoms with Crippen molar-refractivity contribution in [2.45, 2.75) is 18.6 Å². The lowest BCUT2D eigenvalue weighted by Crippen LogP contribution is -2.48. The van der Waals surface area contributed by atoms with Crippen LogP contribution in [0.15, 0.2) is 30.3 Å². The topological polar surface area (TPSA) is 78.4 Å². The van der Waals surface area contributed by atoms with Crippen LogP contribution in [0, 0.1) is 18.3 Å². The van der Waals surface area contributed by atoms with Crippen molar-refractivity contribution in [1.29, 1.82) is 0 Å². The van der Waals surface area contributed by atoms with Gasteiger partial charge in [0, 0.05) is 18.2 Å². The van der Waals surface area contributed by atoms with Gasteiger partial charge in [0.15, 0.2) is 0 Å². The highest BCUT2D eigenvalue weighted by Crippen LogP contribution is 2.13. The number of alkyl halides is 3. The Balaban J connectivity index is 0.000000351. The number of carbonyl (C=O) groups is 2. The Bertz CT molecular complexity index is 597. The maximum atomic E-state index is 12.0. The summed E-state index contributed by atoms with van der Waals surface area (Å²) in [4.78, 5) is 20.9. The van der Waals surface area contributed by atoms with Gasteiger partial charge in [0.25, 0.3) is 5.91 Å². The highest BCUT2D eigenvalue weighted by atomic mass is 19.4. The van der Waals surface area contributed by atoms with E-state index in [4.69, 9.17) is 16.3 Å². The summed E-state index contributed by atoms with van der Waals surface area (Å²) in [5, 5.41) is 13.4. The fourth-order valence-electron chi connectivity index (χ4n) is 2.05. The maximum absolute atomic E-state index is 12.0. The highest BCUT2D eigenvalue weighted by Gasteiger charge is 2.38. The number of halogens is 3. The number of nitrogens with one attached hydrogen (secondary N) is 2. The van der Waals surface area contributed by atoms with E-state index in [0.29, 0.717) is 5.56 Å². The summed E-state index contributed by atoms with van der Waals surface area (Å²) in [7, 11) is 0. The van der Waals surface area contributed by atoms with Crippen LogP contribution in [0.5, 0.6) is 0 Å². The molecule has 5 nitrogen and oxygen atoms in total.